The number of fused-ring (bicyclic) bond motifs is 3. The molecule has 0 spiro atoms. The van der Waals surface area contributed by atoms with E-state index in [9.17, 15) is 0 Å². The van der Waals surface area contributed by atoms with Crippen LogP contribution >= 0.6 is 0 Å². The highest BCUT2D eigenvalue weighted by Crippen LogP contribution is 2.50. The molecule has 0 bridgehead atoms. The molecule has 0 saturated heterocycles. The summed E-state index contributed by atoms with van der Waals surface area (Å²) < 4.78 is 5.77. The largest absolute Gasteiger partial charge is 0.493 e. The SMILES string of the molecule is N#CC1CC1c1cccc2ccc3c(c12)CCCO3. The van der Waals surface area contributed by atoms with Crippen molar-refractivity contribution in [1.29, 1.82) is 5.26 Å². The standard InChI is InChI=1S/C17H15NO/c18-10-12-9-15(12)13-4-1-3-11-6-7-16-14(17(11)13)5-2-8-19-16/h1,3-4,6-7,12,15H,2,5,8-9H2. The molecule has 1 aliphatic carbocycles. The molecule has 2 nitrogen and oxygen atoms in total. The van der Waals surface area contributed by atoms with Crippen molar-refractivity contribution < 1.29 is 4.74 Å². The molecule has 0 amide bonds. The van der Waals surface area contributed by atoms with Crippen molar-refractivity contribution in [2.24, 2.45) is 5.92 Å². The first kappa shape index (κ1) is 10.9. The maximum Gasteiger partial charge on any atom is 0.123 e. The van der Waals surface area contributed by atoms with Crippen molar-refractivity contribution >= 4 is 10.8 Å². The van der Waals surface area contributed by atoms with Crippen LogP contribution in [0.2, 0.25) is 0 Å². The second kappa shape index (κ2) is 3.99. The van der Waals surface area contributed by atoms with Crippen LogP contribution in [0.25, 0.3) is 10.8 Å². The van der Waals surface area contributed by atoms with Crippen LogP contribution in [0.4, 0.5) is 0 Å². The van der Waals surface area contributed by atoms with Gasteiger partial charge in [-0.15, -0.1) is 0 Å². The molecule has 1 fully saturated rings. The number of benzene rings is 2. The number of ether oxygens (including phenoxy) is 1. The van der Waals surface area contributed by atoms with Crippen LogP contribution in [-0.2, 0) is 6.42 Å². The van der Waals surface area contributed by atoms with Crippen LogP contribution < -0.4 is 4.74 Å². The third kappa shape index (κ3) is 1.62. The lowest BCUT2D eigenvalue weighted by Crippen LogP contribution is -2.09. The van der Waals surface area contributed by atoms with Crippen molar-refractivity contribution in [3.63, 3.8) is 0 Å². The minimum Gasteiger partial charge on any atom is -0.493 e. The molecule has 2 aromatic rings. The van der Waals surface area contributed by atoms with Gasteiger partial charge in [-0.2, -0.15) is 5.26 Å². The maximum absolute atomic E-state index is 9.07. The third-order valence-electron chi connectivity index (χ3n) is 4.33. The summed E-state index contributed by atoms with van der Waals surface area (Å²) in [6, 6.07) is 13.1. The predicted molar refractivity (Wildman–Crippen MR) is 74.2 cm³/mol. The van der Waals surface area contributed by atoms with Crippen molar-refractivity contribution in [1.82, 2.24) is 0 Å². The lowest BCUT2D eigenvalue weighted by atomic mass is 9.92. The van der Waals surface area contributed by atoms with Gasteiger partial charge in [0.1, 0.15) is 5.75 Å². The first-order valence-electron chi connectivity index (χ1n) is 6.95. The Bertz CT molecular complexity index is 698. The molecule has 4 rings (SSSR count). The highest BCUT2D eigenvalue weighted by Gasteiger charge is 2.39. The van der Waals surface area contributed by atoms with Crippen molar-refractivity contribution in [3.8, 4) is 11.8 Å². The van der Waals surface area contributed by atoms with Crippen LogP contribution in [-0.4, -0.2) is 6.61 Å². The zero-order chi connectivity index (χ0) is 12.8. The van der Waals surface area contributed by atoms with E-state index in [2.05, 4.69) is 36.4 Å². The normalized spacial score (nSPS) is 24.4. The molecule has 0 N–H and O–H groups in total. The van der Waals surface area contributed by atoms with E-state index >= 15 is 0 Å². The second-order valence-corrected chi connectivity index (χ2v) is 5.52. The molecular weight excluding hydrogens is 234 g/mol. The summed E-state index contributed by atoms with van der Waals surface area (Å²) in [5.74, 6) is 1.69. The fourth-order valence-electron chi connectivity index (χ4n) is 3.27. The molecule has 2 atom stereocenters. The molecule has 1 heterocycles. The van der Waals surface area contributed by atoms with Gasteiger partial charge in [0.15, 0.2) is 0 Å². The van der Waals surface area contributed by atoms with E-state index in [1.165, 1.54) is 21.9 Å². The molecule has 19 heavy (non-hydrogen) atoms. The topological polar surface area (TPSA) is 33.0 Å². The van der Waals surface area contributed by atoms with E-state index in [0.717, 1.165) is 31.6 Å². The van der Waals surface area contributed by atoms with Crippen LogP contribution in [0.1, 0.15) is 29.9 Å². The van der Waals surface area contributed by atoms with Crippen LogP contribution in [0.3, 0.4) is 0 Å². The Kier molecular flexibility index (Phi) is 2.29. The third-order valence-corrected chi connectivity index (χ3v) is 4.33. The molecule has 1 aliphatic heterocycles. The van der Waals surface area contributed by atoms with Crippen molar-refractivity contribution in [2.45, 2.75) is 25.2 Å². The molecule has 2 heteroatoms. The number of hydrogen-bond acceptors (Lipinski definition) is 2. The van der Waals surface area contributed by atoms with Gasteiger partial charge in [-0.1, -0.05) is 24.3 Å². The smallest absolute Gasteiger partial charge is 0.123 e. The molecule has 0 radical (unpaired) electrons. The molecule has 2 aliphatic rings. The first-order chi connectivity index (χ1) is 9.38. The van der Waals surface area contributed by atoms with Crippen LogP contribution in [0.15, 0.2) is 30.3 Å². The Morgan fingerprint density at radius 2 is 2.16 bits per heavy atom. The number of rotatable bonds is 1. The number of aryl methyl sites for hydroxylation is 1. The number of nitriles is 1. The van der Waals surface area contributed by atoms with Gasteiger partial charge < -0.3 is 4.74 Å². The maximum atomic E-state index is 9.07. The van der Waals surface area contributed by atoms with E-state index in [1.54, 1.807) is 0 Å². The average Bonchev–Trinajstić information content (AvgIpc) is 3.26. The molecule has 1 saturated carbocycles. The Morgan fingerprint density at radius 1 is 1.21 bits per heavy atom. The van der Waals surface area contributed by atoms with Gasteiger partial charge in [-0.25, -0.2) is 0 Å². The molecule has 2 unspecified atom stereocenters. The number of nitrogens with zero attached hydrogens (tertiary/aromatic N) is 1. The molecule has 2 aromatic carbocycles. The summed E-state index contributed by atoms with van der Waals surface area (Å²) in [6.45, 7) is 0.824. The van der Waals surface area contributed by atoms with Gasteiger partial charge in [0.25, 0.3) is 0 Å². The zero-order valence-corrected chi connectivity index (χ0v) is 10.7. The van der Waals surface area contributed by atoms with Gasteiger partial charge >= 0.3 is 0 Å². The molecular formula is C17H15NO. The minimum absolute atomic E-state index is 0.214. The van der Waals surface area contributed by atoms with E-state index in [-0.39, 0.29) is 5.92 Å². The van der Waals surface area contributed by atoms with Crippen molar-refractivity contribution in [2.75, 3.05) is 6.61 Å². The van der Waals surface area contributed by atoms with Gasteiger partial charge in [0.2, 0.25) is 0 Å². The van der Waals surface area contributed by atoms with E-state index in [0.29, 0.717) is 5.92 Å². The Hall–Kier alpha value is -2.01. The van der Waals surface area contributed by atoms with E-state index < -0.39 is 0 Å². The second-order valence-electron chi connectivity index (χ2n) is 5.52. The average molecular weight is 249 g/mol. The molecule has 94 valence electrons. The molecule has 0 aromatic heterocycles. The fraction of sp³-hybridized carbons (Fsp3) is 0.353. The summed E-state index contributed by atoms with van der Waals surface area (Å²) in [5.41, 5.74) is 2.70. The van der Waals surface area contributed by atoms with Gasteiger partial charge in [-0.05, 0) is 41.7 Å². The van der Waals surface area contributed by atoms with E-state index in [4.69, 9.17) is 10.00 Å². The highest BCUT2D eigenvalue weighted by molar-refractivity contribution is 5.91. The summed E-state index contributed by atoms with van der Waals surface area (Å²) in [6.07, 6.45) is 3.19. The lowest BCUT2D eigenvalue weighted by Gasteiger charge is -2.20. The fourth-order valence-corrected chi connectivity index (χ4v) is 3.27. The minimum atomic E-state index is 0.214. The summed E-state index contributed by atoms with van der Waals surface area (Å²) in [7, 11) is 0. The predicted octanol–water partition coefficient (Wildman–Crippen LogP) is 3.79. The Balaban J connectivity index is 1.96. The highest BCUT2D eigenvalue weighted by atomic mass is 16.5. The summed E-state index contributed by atoms with van der Waals surface area (Å²) in [4.78, 5) is 0. The first-order valence-corrected chi connectivity index (χ1v) is 6.95. The van der Waals surface area contributed by atoms with Crippen molar-refractivity contribution in [3.05, 3.63) is 41.5 Å². The van der Waals surface area contributed by atoms with Crippen LogP contribution in [0, 0.1) is 17.2 Å². The van der Waals surface area contributed by atoms with Gasteiger partial charge in [0.05, 0.1) is 18.6 Å². The monoisotopic (exact) mass is 249 g/mol. The Morgan fingerprint density at radius 3 is 3.00 bits per heavy atom. The quantitative estimate of drug-likeness (QED) is 0.770. The summed E-state index contributed by atoms with van der Waals surface area (Å²) in [5, 5.41) is 11.7. The number of hydrogen-bond donors (Lipinski definition) is 0. The van der Waals surface area contributed by atoms with Gasteiger partial charge in [0, 0.05) is 11.5 Å². The lowest BCUT2D eigenvalue weighted by molar-refractivity contribution is 0.289. The van der Waals surface area contributed by atoms with Crippen LogP contribution in [0.5, 0.6) is 5.75 Å². The zero-order valence-electron chi connectivity index (χ0n) is 10.7. The van der Waals surface area contributed by atoms with Gasteiger partial charge in [-0.3, -0.25) is 0 Å². The van der Waals surface area contributed by atoms with E-state index in [1.807, 2.05) is 0 Å². The Labute approximate surface area is 112 Å². The summed E-state index contributed by atoms with van der Waals surface area (Å²) >= 11 is 0.